The molecule has 0 aliphatic heterocycles. The number of halogens is 5. The van der Waals surface area contributed by atoms with E-state index in [0.29, 0.717) is 6.42 Å². The summed E-state index contributed by atoms with van der Waals surface area (Å²) in [5, 5.41) is 0. The Kier molecular flexibility index (Phi) is 6.56. The summed E-state index contributed by atoms with van der Waals surface area (Å²) in [6.45, 7) is 2.16. The molecule has 9 heteroatoms. The zero-order valence-corrected chi connectivity index (χ0v) is 11.9. The molecule has 0 saturated carbocycles. The van der Waals surface area contributed by atoms with Gasteiger partial charge in [0, 0.05) is 0 Å². The molecule has 0 amide bonds. The number of carbonyl (C=O) groups excluding carboxylic acids is 2. The summed E-state index contributed by atoms with van der Waals surface area (Å²) in [6, 6.07) is 0. The van der Waals surface area contributed by atoms with Crippen LogP contribution < -0.4 is 0 Å². The van der Waals surface area contributed by atoms with Crippen molar-refractivity contribution in [3.63, 3.8) is 0 Å². The Hall–Kier alpha value is -1.41. The minimum atomic E-state index is -5.08. The highest BCUT2D eigenvalue weighted by atomic mass is 19.4. The van der Waals surface area contributed by atoms with E-state index in [2.05, 4.69) is 9.47 Å². The predicted molar refractivity (Wildman–Crippen MR) is 61.6 cm³/mol. The average Bonchev–Trinajstić information content (AvgIpc) is 2.30. The van der Waals surface area contributed by atoms with Crippen LogP contribution in [0.4, 0.5) is 22.0 Å². The van der Waals surface area contributed by atoms with Gasteiger partial charge >= 0.3 is 18.1 Å². The molecule has 0 bridgehead atoms. The second kappa shape index (κ2) is 7.04. The quantitative estimate of drug-likeness (QED) is 0.534. The molecule has 21 heavy (non-hydrogen) atoms. The minimum absolute atomic E-state index is 0.421. The number of alkyl halides is 5. The summed E-state index contributed by atoms with van der Waals surface area (Å²) in [5.41, 5.74) is -0.861. The molecule has 0 aromatic rings. The molecular weight excluding hydrogens is 303 g/mol. The van der Waals surface area contributed by atoms with Gasteiger partial charge in [0.05, 0.1) is 5.41 Å². The van der Waals surface area contributed by atoms with Crippen LogP contribution in [-0.4, -0.2) is 37.3 Å². The van der Waals surface area contributed by atoms with Gasteiger partial charge in [-0.3, -0.25) is 4.79 Å². The monoisotopic (exact) mass is 320 g/mol. The second-order valence-corrected chi connectivity index (χ2v) is 5.12. The zero-order valence-electron chi connectivity index (χ0n) is 11.9. The molecule has 0 aliphatic rings. The van der Waals surface area contributed by atoms with Crippen LogP contribution >= 0.6 is 0 Å². The molecule has 0 radical (unpaired) electrons. The third-order valence-corrected chi connectivity index (χ3v) is 2.66. The number of esters is 2. The van der Waals surface area contributed by atoms with Gasteiger partial charge in [0.25, 0.3) is 5.92 Å². The minimum Gasteiger partial charge on any atom is -0.457 e. The van der Waals surface area contributed by atoms with E-state index in [1.807, 2.05) is 0 Å². The van der Waals surface area contributed by atoms with Gasteiger partial charge in [-0.2, -0.15) is 13.2 Å². The fourth-order valence-corrected chi connectivity index (χ4v) is 1.04. The van der Waals surface area contributed by atoms with E-state index < -0.39 is 49.1 Å². The van der Waals surface area contributed by atoms with Crippen molar-refractivity contribution in [2.75, 3.05) is 13.2 Å². The third-order valence-electron chi connectivity index (χ3n) is 2.66. The Morgan fingerprint density at radius 2 is 1.52 bits per heavy atom. The lowest BCUT2D eigenvalue weighted by molar-refractivity contribution is -0.204. The van der Waals surface area contributed by atoms with Crippen molar-refractivity contribution in [3.05, 3.63) is 0 Å². The molecule has 124 valence electrons. The highest BCUT2D eigenvalue weighted by Gasteiger charge is 2.44. The van der Waals surface area contributed by atoms with Crippen LogP contribution in [0.2, 0.25) is 0 Å². The van der Waals surface area contributed by atoms with E-state index in [0.717, 1.165) is 0 Å². The smallest absolute Gasteiger partial charge is 0.394 e. The summed E-state index contributed by atoms with van der Waals surface area (Å²) in [6.07, 6.45) is -7.05. The third kappa shape index (κ3) is 8.46. The lowest BCUT2D eigenvalue weighted by Gasteiger charge is -2.20. The summed E-state index contributed by atoms with van der Waals surface area (Å²) in [4.78, 5) is 22.5. The van der Waals surface area contributed by atoms with E-state index in [1.165, 1.54) is 0 Å². The number of ether oxygens (including phenoxy) is 2. The fourth-order valence-electron chi connectivity index (χ4n) is 1.04. The van der Waals surface area contributed by atoms with Crippen molar-refractivity contribution in [2.24, 2.45) is 5.41 Å². The number of hydrogen-bond acceptors (Lipinski definition) is 4. The van der Waals surface area contributed by atoms with Crippen molar-refractivity contribution < 1.29 is 41.0 Å². The first kappa shape index (κ1) is 19.6. The van der Waals surface area contributed by atoms with Crippen LogP contribution in [0.25, 0.3) is 0 Å². The van der Waals surface area contributed by atoms with Gasteiger partial charge in [-0.05, 0) is 20.3 Å². The Morgan fingerprint density at radius 1 is 1.00 bits per heavy atom. The Balaban J connectivity index is 4.20. The van der Waals surface area contributed by atoms with Crippen LogP contribution in [0, 0.1) is 5.41 Å². The van der Waals surface area contributed by atoms with Crippen molar-refractivity contribution in [1.29, 1.82) is 0 Å². The van der Waals surface area contributed by atoms with Crippen molar-refractivity contribution >= 4 is 11.9 Å². The van der Waals surface area contributed by atoms with E-state index in [-0.39, 0.29) is 0 Å². The Labute approximate surface area is 118 Å². The molecule has 0 aliphatic carbocycles. The fraction of sp³-hybridized carbons (Fsp3) is 0.833. The van der Waals surface area contributed by atoms with Crippen molar-refractivity contribution in [1.82, 2.24) is 0 Å². The first-order valence-corrected chi connectivity index (χ1v) is 6.06. The number of carbonyl (C=O) groups is 2. The van der Waals surface area contributed by atoms with Crippen LogP contribution in [0.1, 0.15) is 33.6 Å². The van der Waals surface area contributed by atoms with E-state index in [9.17, 15) is 31.5 Å². The van der Waals surface area contributed by atoms with E-state index in [1.54, 1.807) is 20.8 Å². The molecule has 0 fully saturated rings. The number of rotatable bonds is 7. The molecule has 0 heterocycles. The van der Waals surface area contributed by atoms with Gasteiger partial charge in [-0.15, -0.1) is 0 Å². The molecule has 4 nitrogen and oxygen atoms in total. The maximum absolute atomic E-state index is 12.8. The lowest BCUT2D eigenvalue weighted by atomic mass is 9.91. The molecule has 0 N–H and O–H groups in total. The molecule has 0 atom stereocenters. The number of hydrogen-bond donors (Lipinski definition) is 0. The predicted octanol–water partition coefficient (Wildman–Crippen LogP) is 3.10. The standard InChI is InChI=1S/C12H17F5O4/c1-4-10(2,3)9(19)20-5-8(18)21-7-11(13,14)6-12(15,16)17/h4-7H2,1-3H3. The summed E-state index contributed by atoms with van der Waals surface area (Å²) in [7, 11) is 0. The highest BCUT2D eigenvalue weighted by Crippen LogP contribution is 2.31. The second-order valence-electron chi connectivity index (χ2n) is 5.12. The maximum Gasteiger partial charge on any atom is 0.394 e. The highest BCUT2D eigenvalue weighted by molar-refractivity contribution is 5.79. The molecule has 0 saturated heterocycles. The van der Waals surface area contributed by atoms with Crippen LogP contribution in [0.15, 0.2) is 0 Å². The largest absolute Gasteiger partial charge is 0.457 e. The molecule has 0 spiro atoms. The SMILES string of the molecule is CCC(C)(C)C(=O)OCC(=O)OCC(F)(F)CC(F)(F)F. The van der Waals surface area contributed by atoms with Crippen molar-refractivity contribution in [2.45, 2.75) is 45.7 Å². The van der Waals surface area contributed by atoms with Gasteiger partial charge in [0.15, 0.2) is 13.2 Å². The molecule has 0 aromatic carbocycles. The first-order chi connectivity index (χ1) is 9.29. The Bertz CT molecular complexity index is 376. The van der Waals surface area contributed by atoms with Gasteiger partial charge in [-0.25, -0.2) is 13.6 Å². The molecule has 0 aromatic heterocycles. The van der Waals surface area contributed by atoms with Crippen LogP contribution in [0.5, 0.6) is 0 Å². The van der Waals surface area contributed by atoms with Gasteiger partial charge < -0.3 is 9.47 Å². The maximum atomic E-state index is 12.8. The lowest BCUT2D eigenvalue weighted by Crippen LogP contribution is -2.33. The molecule has 0 unspecified atom stereocenters. The topological polar surface area (TPSA) is 52.6 Å². The van der Waals surface area contributed by atoms with E-state index >= 15 is 0 Å². The molecular formula is C12H17F5O4. The van der Waals surface area contributed by atoms with Gasteiger partial charge in [0.2, 0.25) is 0 Å². The van der Waals surface area contributed by atoms with Gasteiger partial charge in [0.1, 0.15) is 6.42 Å². The Morgan fingerprint density at radius 3 is 1.95 bits per heavy atom. The van der Waals surface area contributed by atoms with Crippen molar-refractivity contribution in [3.8, 4) is 0 Å². The van der Waals surface area contributed by atoms with Crippen LogP contribution in [0.3, 0.4) is 0 Å². The molecule has 0 rings (SSSR count). The van der Waals surface area contributed by atoms with Crippen LogP contribution in [-0.2, 0) is 19.1 Å². The first-order valence-electron chi connectivity index (χ1n) is 6.06. The van der Waals surface area contributed by atoms with Gasteiger partial charge in [-0.1, -0.05) is 6.92 Å². The summed E-state index contributed by atoms with van der Waals surface area (Å²) >= 11 is 0. The average molecular weight is 320 g/mol. The zero-order chi connectivity index (χ0) is 16.9. The summed E-state index contributed by atoms with van der Waals surface area (Å²) in [5.74, 6) is -6.29. The van der Waals surface area contributed by atoms with E-state index in [4.69, 9.17) is 0 Å². The normalized spacial score (nSPS) is 13.0. The summed E-state index contributed by atoms with van der Waals surface area (Å²) < 4.78 is 69.6.